The number of unbranched alkanes of at least 4 members (excludes halogenated alkanes) is 4. The topological polar surface area (TPSA) is 40.5 Å². The summed E-state index contributed by atoms with van der Waals surface area (Å²) in [6, 6.07) is 0. The van der Waals surface area contributed by atoms with Gasteiger partial charge >= 0.3 is 0 Å². The Hall–Kier alpha value is -0.0800. The van der Waals surface area contributed by atoms with Gasteiger partial charge in [-0.3, -0.25) is 0 Å². The zero-order valence-corrected chi connectivity index (χ0v) is 8.71. The van der Waals surface area contributed by atoms with Crippen molar-refractivity contribution in [2.24, 2.45) is 0 Å². The molecule has 76 valence electrons. The Morgan fingerprint density at radius 1 is 1.00 bits per heavy atom. The van der Waals surface area contributed by atoms with E-state index in [0.29, 0.717) is 6.61 Å². The van der Waals surface area contributed by atoms with Crippen LogP contribution in [-0.2, 0) is 0 Å². The van der Waals surface area contributed by atoms with Gasteiger partial charge in [0.15, 0.2) is 0 Å². The van der Waals surface area contributed by atoms with Crippen LogP contribution in [0.2, 0.25) is 0 Å². The molecule has 0 unspecified atom stereocenters. The Morgan fingerprint density at radius 3 is 1.75 bits per heavy atom. The van der Waals surface area contributed by atoms with E-state index in [2.05, 4.69) is 6.92 Å². The van der Waals surface area contributed by atoms with Gasteiger partial charge in [0.05, 0.1) is 0 Å². The van der Waals surface area contributed by atoms with Crippen molar-refractivity contribution < 1.29 is 10.2 Å². The highest BCUT2D eigenvalue weighted by atomic mass is 16.3. The number of hydrogen-bond donors (Lipinski definition) is 2. The average molecular weight is 176 g/mol. The Balaban J connectivity index is 0. The van der Waals surface area contributed by atoms with Gasteiger partial charge in [-0.25, -0.2) is 0 Å². The summed E-state index contributed by atoms with van der Waals surface area (Å²) < 4.78 is 0. The summed E-state index contributed by atoms with van der Waals surface area (Å²) in [5.41, 5.74) is 0. The van der Waals surface area contributed by atoms with Crippen molar-refractivity contribution in [3.05, 3.63) is 0 Å². The normalized spacial score (nSPS) is 9.50. The summed E-state index contributed by atoms with van der Waals surface area (Å²) in [6.07, 6.45) is 5.91. The van der Waals surface area contributed by atoms with Gasteiger partial charge in [-0.2, -0.15) is 0 Å². The molecule has 0 bridgehead atoms. The summed E-state index contributed by atoms with van der Waals surface area (Å²) >= 11 is 0. The molecule has 2 N–H and O–H groups in total. The number of aliphatic hydroxyl groups excluding tert-OH is 2. The van der Waals surface area contributed by atoms with E-state index in [1.165, 1.54) is 25.7 Å². The minimum Gasteiger partial charge on any atom is -0.396 e. The molecular weight excluding hydrogens is 152 g/mol. The Labute approximate surface area is 76.6 Å². The van der Waals surface area contributed by atoms with Crippen molar-refractivity contribution in [3.63, 3.8) is 0 Å². The predicted octanol–water partition coefficient (Wildman–Crippen LogP) is 2.34. The van der Waals surface area contributed by atoms with Gasteiger partial charge in [0, 0.05) is 12.7 Å². The first-order chi connectivity index (χ1) is 5.65. The predicted molar refractivity (Wildman–Crippen MR) is 53.2 cm³/mol. The molecule has 12 heavy (non-hydrogen) atoms. The number of aliphatic hydroxyl groups is 2. The van der Waals surface area contributed by atoms with E-state index in [1.54, 1.807) is 13.8 Å². The van der Waals surface area contributed by atoms with Crippen LogP contribution in [0.15, 0.2) is 0 Å². The molecule has 0 aliphatic heterocycles. The number of hydrogen-bond acceptors (Lipinski definition) is 2. The molecule has 0 spiro atoms. The highest BCUT2D eigenvalue weighted by molar-refractivity contribution is 4.39. The maximum atomic E-state index is 8.37. The molecule has 0 aliphatic rings. The van der Waals surface area contributed by atoms with Crippen LogP contribution in [0.5, 0.6) is 0 Å². The van der Waals surface area contributed by atoms with Crippen molar-refractivity contribution in [2.75, 3.05) is 6.61 Å². The summed E-state index contributed by atoms with van der Waals surface area (Å²) in [4.78, 5) is 0. The molecule has 0 amide bonds. The summed E-state index contributed by atoms with van der Waals surface area (Å²) in [6.45, 7) is 6.00. The van der Waals surface area contributed by atoms with Gasteiger partial charge in [-0.1, -0.05) is 32.6 Å². The standard InChI is InChI=1S/C7H16O.C3H8O/c1-2-3-4-5-6-7-8;1-3(2)4/h8H,2-7H2,1H3;3-4H,1-2H3. The second-order valence-corrected chi connectivity index (χ2v) is 3.23. The Morgan fingerprint density at radius 2 is 1.42 bits per heavy atom. The summed E-state index contributed by atoms with van der Waals surface area (Å²) in [7, 11) is 0. The molecule has 0 aromatic heterocycles. The third-order valence-corrected chi connectivity index (χ3v) is 1.26. The third-order valence-electron chi connectivity index (χ3n) is 1.26. The molecule has 0 aromatic carbocycles. The fourth-order valence-corrected chi connectivity index (χ4v) is 0.715. The molecule has 0 saturated carbocycles. The van der Waals surface area contributed by atoms with Crippen LogP contribution in [0.3, 0.4) is 0 Å². The average Bonchev–Trinajstić information content (AvgIpc) is 1.97. The first-order valence-corrected chi connectivity index (χ1v) is 4.94. The fourth-order valence-electron chi connectivity index (χ4n) is 0.715. The van der Waals surface area contributed by atoms with Crippen LogP contribution < -0.4 is 0 Å². The van der Waals surface area contributed by atoms with E-state index < -0.39 is 0 Å². The largest absolute Gasteiger partial charge is 0.396 e. The van der Waals surface area contributed by atoms with Crippen LogP contribution in [-0.4, -0.2) is 22.9 Å². The van der Waals surface area contributed by atoms with Gasteiger partial charge in [-0.15, -0.1) is 0 Å². The first-order valence-electron chi connectivity index (χ1n) is 4.94. The van der Waals surface area contributed by atoms with Crippen LogP contribution >= 0.6 is 0 Å². The zero-order chi connectivity index (χ0) is 9.82. The van der Waals surface area contributed by atoms with Crippen molar-refractivity contribution in [2.45, 2.75) is 59.0 Å². The first kappa shape index (κ1) is 14.4. The Kier molecular flexibility index (Phi) is 16.3. The molecule has 0 heterocycles. The van der Waals surface area contributed by atoms with E-state index in [4.69, 9.17) is 10.2 Å². The molecule has 0 rings (SSSR count). The lowest BCUT2D eigenvalue weighted by atomic mass is 10.2. The molecule has 0 fully saturated rings. The van der Waals surface area contributed by atoms with E-state index >= 15 is 0 Å². The molecule has 0 atom stereocenters. The molecular formula is C10H24O2. The zero-order valence-electron chi connectivity index (χ0n) is 8.71. The highest BCUT2D eigenvalue weighted by Crippen LogP contribution is 2.00. The van der Waals surface area contributed by atoms with Crippen molar-refractivity contribution in [1.29, 1.82) is 0 Å². The van der Waals surface area contributed by atoms with Gasteiger partial charge in [-0.05, 0) is 20.3 Å². The fraction of sp³-hybridized carbons (Fsp3) is 1.00. The number of rotatable bonds is 5. The molecule has 2 nitrogen and oxygen atoms in total. The van der Waals surface area contributed by atoms with Crippen LogP contribution in [0.4, 0.5) is 0 Å². The van der Waals surface area contributed by atoms with Crippen molar-refractivity contribution in [3.8, 4) is 0 Å². The van der Waals surface area contributed by atoms with E-state index in [0.717, 1.165) is 6.42 Å². The van der Waals surface area contributed by atoms with Gasteiger partial charge in [0.1, 0.15) is 0 Å². The molecule has 0 saturated heterocycles. The van der Waals surface area contributed by atoms with Crippen molar-refractivity contribution in [1.82, 2.24) is 0 Å². The van der Waals surface area contributed by atoms with E-state index in [1.807, 2.05) is 0 Å². The van der Waals surface area contributed by atoms with E-state index in [9.17, 15) is 0 Å². The SMILES string of the molecule is CC(C)O.CCCCCCCO. The second kappa shape index (κ2) is 13.5. The quantitative estimate of drug-likeness (QED) is 0.631. The van der Waals surface area contributed by atoms with Crippen LogP contribution in [0, 0.1) is 0 Å². The lowest BCUT2D eigenvalue weighted by Crippen LogP contribution is -1.85. The van der Waals surface area contributed by atoms with Crippen LogP contribution in [0.1, 0.15) is 52.9 Å². The second-order valence-electron chi connectivity index (χ2n) is 3.23. The molecule has 0 radical (unpaired) electrons. The maximum Gasteiger partial charge on any atom is 0.0483 e. The monoisotopic (exact) mass is 176 g/mol. The lowest BCUT2D eigenvalue weighted by molar-refractivity contribution is 0.216. The minimum atomic E-state index is -0.167. The summed E-state index contributed by atoms with van der Waals surface area (Å²) in [5, 5.41) is 16.4. The molecule has 0 aromatic rings. The summed E-state index contributed by atoms with van der Waals surface area (Å²) in [5.74, 6) is 0. The van der Waals surface area contributed by atoms with Crippen molar-refractivity contribution >= 4 is 0 Å². The minimum absolute atomic E-state index is 0.167. The lowest BCUT2D eigenvalue weighted by Gasteiger charge is -1.93. The highest BCUT2D eigenvalue weighted by Gasteiger charge is 1.84. The van der Waals surface area contributed by atoms with Gasteiger partial charge < -0.3 is 10.2 Å². The smallest absolute Gasteiger partial charge is 0.0483 e. The molecule has 0 aliphatic carbocycles. The van der Waals surface area contributed by atoms with Gasteiger partial charge in [0.25, 0.3) is 0 Å². The molecule has 2 heteroatoms. The van der Waals surface area contributed by atoms with Crippen LogP contribution in [0.25, 0.3) is 0 Å². The van der Waals surface area contributed by atoms with Gasteiger partial charge in [0.2, 0.25) is 0 Å². The van der Waals surface area contributed by atoms with E-state index in [-0.39, 0.29) is 6.10 Å². The maximum absolute atomic E-state index is 8.37. The Bertz CT molecular complexity index is 54.1. The third kappa shape index (κ3) is 32.6.